The molecule has 0 saturated carbocycles. The molecule has 2 aromatic rings. The summed E-state index contributed by atoms with van der Waals surface area (Å²) in [6.45, 7) is 2.66. The topological polar surface area (TPSA) is 111 Å². The highest BCUT2D eigenvalue weighted by Crippen LogP contribution is 2.38. The molecule has 1 heterocycles. The average molecular weight is 445 g/mol. The normalized spacial score (nSPS) is 12.5. The first kappa shape index (κ1) is 22.5. The fourth-order valence-electron chi connectivity index (χ4n) is 3.42. The van der Waals surface area contributed by atoms with Crippen LogP contribution in [0.3, 0.4) is 0 Å². The third-order valence-electron chi connectivity index (χ3n) is 4.93. The molecule has 8 nitrogen and oxygen atoms in total. The molecule has 0 spiro atoms. The summed E-state index contributed by atoms with van der Waals surface area (Å²) in [7, 11) is 1.28. The van der Waals surface area contributed by atoms with Crippen molar-refractivity contribution < 1.29 is 28.7 Å². The average Bonchev–Trinajstić information content (AvgIpc) is 3.10. The maximum absolute atomic E-state index is 12.8. The van der Waals surface area contributed by atoms with Crippen molar-refractivity contribution in [1.29, 1.82) is 0 Å². The highest BCUT2D eigenvalue weighted by Gasteiger charge is 2.27. The molecule has 1 aromatic carbocycles. The summed E-state index contributed by atoms with van der Waals surface area (Å²) in [5, 5.41) is 5.82. The molecule has 0 fully saturated rings. The lowest BCUT2D eigenvalue weighted by Gasteiger charge is -2.13. The number of rotatable bonds is 6. The van der Waals surface area contributed by atoms with E-state index in [9.17, 15) is 19.2 Å². The summed E-state index contributed by atoms with van der Waals surface area (Å²) in [4.78, 5) is 49.5. The number of ether oxygens (including phenoxy) is 2. The Labute approximate surface area is 183 Å². The molecule has 0 atom stereocenters. The lowest BCUT2D eigenvalue weighted by atomic mass is 9.95. The fourth-order valence-corrected chi connectivity index (χ4v) is 4.74. The van der Waals surface area contributed by atoms with E-state index in [4.69, 9.17) is 9.47 Å². The summed E-state index contributed by atoms with van der Waals surface area (Å²) < 4.78 is 9.95. The van der Waals surface area contributed by atoms with Crippen LogP contribution in [-0.4, -0.2) is 37.5 Å². The first-order valence-electron chi connectivity index (χ1n) is 9.88. The maximum atomic E-state index is 12.8. The van der Waals surface area contributed by atoms with E-state index in [0.717, 1.165) is 41.7 Å². The van der Waals surface area contributed by atoms with Gasteiger partial charge in [-0.05, 0) is 55.9 Å². The molecule has 0 saturated heterocycles. The number of thiophene rings is 1. The zero-order chi connectivity index (χ0) is 22.5. The van der Waals surface area contributed by atoms with Crippen molar-refractivity contribution in [3.05, 3.63) is 45.3 Å². The Bertz CT molecular complexity index is 1040. The molecule has 0 bridgehead atoms. The van der Waals surface area contributed by atoms with Gasteiger partial charge in [0.2, 0.25) is 5.91 Å². The number of amides is 2. The molecule has 3 rings (SSSR count). The summed E-state index contributed by atoms with van der Waals surface area (Å²) in [6, 6.07) is 4.79. The molecule has 1 aromatic heterocycles. The van der Waals surface area contributed by atoms with Crippen molar-refractivity contribution in [2.75, 3.05) is 24.4 Å². The molecule has 9 heteroatoms. The van der Waals surface area contributed by atoms with Gasteiger partial charge in [-0.3, -0.25) is 9.59 Å². The van der Waals surface area contributed by atoms with Crippen LogP contribution >= 0.6 is 11.3 Å². The number of hydrogen-bond acceptors (Lipinski definition) is 7. The largest absolute Gasteiger partial charge is 0.465 e. The Kier molecular flexibility index (Phi) is 7.06. The number of esters is 2. The van der Waals surface area contributed by atoms with E-state index in [1.165, 1.54) is 31.4 Å². The molecule has 2 amide bonds. The van der Waals surface area contributed by atoms with Gasteiger partial charge in [-0.2, -0.15) is 0 Å². The predicted octanol–water partition coefficient (Wildman–Crippen LogP) is 3.48. The Morgan fingerprint density at radius 3 is 2.52 bits per heavy atom. The third-order valence-corrected chi connectivity index (χ3v) is 6.14. The van der Waals surface area contributed by atoms with Gasteiger partial charge in [-0.15, -0.1) is 11.3 Å². The van der Waals surface area contributed by atoms with Gasteiger partial charge in [0, 0.05) is 17.5 Å². The minimum absolute atomic E-state index is 0.272. The van der Waals surface area contributed by atoms with Crippen LogP contribution in [0.1, 0.15) is 56.5 Å². The van der Waals surface area contributed by atoms with Crippen molar-refractivity contribution in [3.8, 4) is 0 Å². The van der Waals surface area contributed by atoms with Crippen LogP contribution in [0.4, 0.5) is 10.7 Å². The second-order valence-electron chi connectivity index (χ2n) is 7.24. The van der Waals surface area contributed by atoms with E-state index in [2.05, 4.69) is 10.6 Å². The molecule has 0 unspecified atom stereocenters. The molecular formula is C22H24N2O6S. The van der Waals surface area contributed by atoms with Gasteiger partial charge < -0.3 is 20.1 Å². The summed E-state index contributed by atoms with van der Waals surface area (Å²) in [5.74, 6) is -1.97. The number of methoxy groups -OCH3 is 1. The number of fused-ring (bicyclic) bond motifs is 1. The third kappa shape index (κ3) is 5.29. The van der Waals surface area contributed by atoms with Gasteiger partial charge in [-0.25, -0.2) is 9.59 Å². The lowest BCUT2D eigenvalue weighted by molar-refractivity contribution is -0.119. The van der Waals surface area contributed by atoms with E-state index in [1.807, 2.05) is 0 Å². The fraction of sp³-hybridized carbons (Fsp3) is 0.364. The number of hydrogen-bond donors (Lipinski definition) is 2. The lowest BCUT2D eigenvalue weighted by Crippen LogP contribution is -2.22. The van der Waals surface area contributed by atoms with Crippen molar-refractivity contribution in [3.63, 3.8) is 0 Å². The van der Waals surface area contributed by atoms with E-state index >= 15 is 0 Å². The van der Waals surface area contributed by atoms with Gasteiger partial charge in [0.25, 0.3) is 5.91 Å². The molecule has 2 N–H and O–H groups in total. The van der Waals surface area contributed by atoms with Crippen LogP contribution in [0.25, 0.3) is 0 Å². The number of aryl methyl sites for hydroxylation is 2. The predicted molar refractivity (Wildman–Crippen MR) is 117 cm³/mol. The molecule has 0 aliphatic heterocycles. The van der Waals surface area contributed by atoms with Crippen LogP contribution in [0.2, 0.25) is 0 Å². The molecule has 164 valence electrons. The quantitative estimate of drug-likeness (QED) is 0.660. The zero-order valence-electron chi connectivity index (χ0n) is 17.6. The molecule has 0 radical (unpaired) electrons. The second-order valence-corrected chi connectivity index (χ2v) is 8.35. The van der Waals surface area contributed by atoms with Crippen LogP contribution in [-0.2, 0) is 31.9 Å². The number of benzene rings is 1. The van der Waals surface area contributed by atoms with Crippen LogP contribution in [0.5, 0.6) is 0 Å². The molecule has 1 aliphatic rings. The zero-order valence-corrected chi connectivity index (χ0v) is 18.4. The smallest absolute Gasteiger partial charge is 0.341 e. The monoisotopic (exact) mass is 444 g/mol. The first-order chi connectivity index (χ1) is 14.8. The van der Waals surface area contributed by atoms with Gasteiger partial charge in [0.1, 0.15) is 5.00 Å². The number of nitrogens with one attached hydrogen (secondary N) is 2. The van der Waals surface area contributed by atoms with Crippen LogP contribution < -0.4 is 10.6 Å². The Hall–Kier alpha value is -3.20. The van der Waals surface area contributed by atoms with Crippen molar-refractivity contribution >= 4 is 45.8 Å². The highest BCUT2D eigenvalue weighted by atomic mass is 32.1. The summed E-state index contributed by atoms with van der Waals surface area (Å²) in [5.41, 5.74) is 2.70. The second kappa shape index (κ2) is 9.74. The SMILES string of the molecule is COC(=O)c1ccc(C)c(NC(=O)COC(=O)c2c(NC(C)=O)sc3c2CCCC3)c1. The van der Waals surface area contributed by atoms with Crippen LogP contribution in [0, 0.1) is 6.92 Å². The Morgan fingerprint density at radius 2 is 1.81 bits per heavy atom. The van der Waals surface area contributed by atoms with E-state index in [1.54, 1.807) is 19.1 Å². The molecule has 1 aliphatic carbocycles. The van der Waals surface area contributed by atoms with Gasteiger partial charge in [0.15, 0.2) is 6.61 Å². The standard InChI is InChI=1S/C22H24N2O6S/c1-12-8-9-14(21(27)29-3)10-16(12)24-18(26)11-30-22(28)19-15-6-4-5-7-17(15)31-20(19)23-13(2)25/h8-10H,4-7,11H2,1-3H3,(H,23,25)(H,24,26). The van der Waals surface area contributed by atoms with Crippen molar-refractivity contribution in [1.82, 2.24) is 0 Å². The van der Waals surface area contributed by atoms with Gasteiger partial charge >= 0.3 is 11.9 Å². The van der Waals surface area contributed by atoms with Crippen molar-refractivity contribution in [2.45, 2.75) is 39.5 Å². The van der Waals surface area contributed by atoms with Gasteiger partial charge in [-0.1, -0.05) is 6.07 Å². The van der Waals surface area contributed by atoms with E-state index in [-0.39, 0.29) is 5.91 Å². The number of carbonyl (C=O) groups excluding carboxylic acids is 4. The van der Waals surface area contributed by atoms with Crippen molar-refractivity contribution in [2.24, 2.45) is 0 Å². The molecular weight excluding hydrogens is 420 g/mol. The summed E-state index contributed by atoms with van der Waals surface area (Å²) >= 11 is 1.39. The minimum atomic E-state index is -0.640. The van der Waals surface area contributed by atoms with E-state index in [0.29, 0.717) is 21.8 Å². The Morgan fingerprint density at radius 1 is 1.06 bits per heavy atom. The van der Waals surface area contributed by atoms with E-state index < -0.39 is 24.5 Å². The number of carbonyl (C=O) groups is 4. The highest BCUT2D eigenvalue weighted by molar-refractivity contribution is 7.17. The first-order valence-corrected chi connectivity index (χ1v) is 10.7. The maximum Gasteiger partial charge on any atom is 0.341 e. The Balaban J connectivity index is 1.70. The number of anilines is 2. The molecule has 31 heavy (non-hydrogen) atoms. The minimum Gasteiger partial charge on any atom is -0.465 e. The summed E-state index contributed by atoms with van der Waals surface area (Å²) in [6.07, 6.45) is 3.59. The van der Waals surface area contributed by atoms with Gasteiger partial charge in [0.05, 0.1) is 18.2 Å². The van der Waals surface area contributed by atoms with Crippen LogP contribution in [0.15, 0.2) is 18.2 Å².